The zero-order valence-corrected chi connectivity index (χ0v) is 11.8. The Kier molecular flexibility index (Phi) is 3.82. The van der Waals surface area contributed by atoms with E-state index in [0.717, 1.165) is 22.2 Å². The average molecular weight is 254 g/mol. The Morgan fingerprint density at radius 1 is 0.842 bits per heavy atom. The summed E-state index contributed by atoms with van der Waals surface area (Å²) in [6.07, 6.45) is 0. The standard InChI is InChI=1S/C17H20NO/c1-18(2,3)13-14-9-11-16(12-10-14)17(19)15-7-5-4-6-8-15/h4-12H,13H2,1-3H3/q+1. The largest absolute Gasteiger partial charge is 0.327 e. The normalized spacial score (nSPS) is 11.3. The molecule has 2 aromatic rings. The fraction of sp³-hybridized carbons (Fsp3) is 0.235. The van der Waals surface area contributed by atoms with Crippen molar-refractivity contribution in [3.05, 3.63) is 71.3 Å². The molecule has 0 N–H and O–H groups in total. The van der Waals surface area contributed by atoms with Gasteiger partial charge in [0.1, 0.15) is 6.54 Å². The highest BCUT2D eigenvalue weighted by molar-refractivity contribution is 6.08. The molecule has 0 heterocycles. The third-order valence-electron chi connectivity index (χ3n) is 2.91. The van der Waals surface area contributed by atoms with E-state index < -0.39 is 0 Å². The van der Waals surface area contributed by atoms with E-state index in [0.29, 0.717) is 0 Å². The lowest BCUT2D eigenvalue weighted by Crippen LogP contribution is -2.33. The molecule has 98 valence electrons. The molecule has 0 amide bonds. The maximum absolute atomic E-state index is 12.2. The second-order valence-corrected chi connectivity index (χ2v) is 5.84. The van der Waals surface area contributed by atoms with E-state index in [4.69, 9.17) is 0 Å². The Morgan fingerprint density at radius 2 is 1.37 bits per heavy atom. The number of benzene rings is 2. The average Bonchev–Trinajstić information content (AvgIpc) is 2.38. The molecule has 0 aromatic heterocycles. The molecule has 0 aliphatic rings. The molecule has 0 aliphatic carbocycles. The van der Waals surface area contributed by atoms with E-state index in [9.17, 15) is 4.79 Å². The maximum Gasteiger partial charge on any atom is 0.193 e. The van der Waals surface area contributed by atoms with E-state index in [-0.39, 0.29) is 5.78 Å². The van der Waals surface area contributed by atoms with E-state index in [1.165, 1.54) is 5.56 Å². The molecular weight excluding hydrogens is 234 g/mol. The Morgan fingerprint density at radius 3 is 1.89 bits per heavy atom. The van der Waals surface area contributed by atoms with Gasteiger partial charge >= 0.3 is 0 Å². The smallest absolute Gasteiger partial charge is 0.193 e. The third-order valence-corrected chi connectivity index (χ3v) is 2.91. The summed E-state index contributed by atoms with van der Waals surface area (Å²) in [5, 5.41) is 0. The van der Waals surface area contributed by atoms with Crippen LogP contribution in [0.25, 0.3) is 0 Å². The van der Waals surface area contributed by atoms with Gasteiger partial charge in [0, 0.05) is 16.7 Å². The van der Waals surface area contributed by atoms with Crippen molar-refractivity contribution in [2.24, 2.45) is 0 Å². The minimum Gasteiger partial charge on any atom is -0.327 e. The fourth-order valence-corrected chi connectivity index (χ4v) is 2.07. The summed E-state index contributed by atoms with van der Waals surface area (Å²) in [7, 11) is 6.47. The molecule has 2 aromatic carbocycles. The van der Waals surface area contributed by atoms with Gasteiger partial charge in [-0.15, -0.1) is 0 Å². The van der Waals surface area contributed by atoms with Crippen LogP contribution in [0.1, 0.15) is 21.5 Å². The summed E-state index contributed by atoms with van der Waals surface area (Å²) in [6, 6.07) is 17.3. The monoisotopic (exact) mass is 254 g/mol. The molecule has 2 nitrogen and oxygen atoms in total. The molecule has 0 bridgehead atoms. The zero-order chi connectivity index (χ0) is 13.9. The Labute approximate surface area is 114 Å². The van der Waals surface area contributed by atoms with Crippen LogP contribution >= 0.6 is 0 Å². The van der Waals surface area contributed by atoms with E-state index in [1.807, 2.05) is 54.6 Å². The summed E-state index contributed by atoms with van der Waals surface area (Å²) >= 11 is 0. The lowest BCUT2D eigenvalue weighted by molar-refractivity contribution is -0.884. The SMILES string of the molecule is C[N+](C)(C)Cc1ccc(C(=O)c2ccccc2)cc1. The molecule has 0 saturated carbocycles. The third kappa shape index (κ3) is 3.76. The summed E-state index contributed by atoms with van der Waals surface area (Å²) in [4.78, 5) is 12.2. The molecular formula is C17H20NO+. The molecule has 0 atom stereocenters. The Hall–Kier alpha value is -1.93. The van der Waals surface area contributed by atoms with Crippen LogP contribution in [0, 0.1) is 0 Å². The summed E-state index contributed by atoms with van der Waals surface area (Å²) in [5.41, 5.74) is 2.73. The number of ketones is 1. The van der Waals surface area contributed by atoms with Gasteiger partial charge in [-0.3, -0.25) is 4.79 Å². The predicted molar refractivity (Wildman–Crippen MR) is 78.1 cm³/mol. The van der Waals surface area contributed by atoms with E-state index in [2.05, 4.69) is 21.1 Å². The highest BCUT2D eigenvalue weighted by Gasteiger charge is 2.11. The van der Waals surface area contributed by atoms with Crippen molar-refractivity contribution in [1.82, 2.24) is 0 Å². The first-order valence-corrected chi connectivity index (χ1v) is 6.45. The van der Waals surface area contributed by atoms with Gasteiger partial charge in [-0.05, 0) is 0 Å². The van der Waals surface area contributed by atoms with Crippen molar-refractivity contribution < 1.29 is 9.28 Å². The summed E-state index contributed by atoms with van der Waals surface area (Å²) < 4.78 is 0.881. The first-order valence-electron chi connectivity index (χ1n) is 6.45. The number of carbonyl (C=O) groups excluding carboxylic acids is 1. The van der Waals surface area contributed by atoms with Crippen LogP contribution in [0.3, 0.4) is 0 Å². The van der Waals surface area contributed by atoms with Crippen molar-refractivity contribution >= 4 is 5.78 Å². The number of nitrogens with zero attached hydrogens (tertiary/aromatic N) is 1. The number of carbonyl (C=O) groups is 1. The quantitative estimate of drug-likeness (QED) is 0.605. The zero-order valence-electron chi connectivity index (χ0n) is 11.8. The first kappa shape index (κ1) is 13.5. The summed E-state index contributed by atoms with van der Waals surface area (Å²) in [5.74, 6) is 0.0809. The predicted octanol–water partition coefficient (Wildman–Crippen LogP) is 3.12. The van der Waals surface area contributed by atoms with Crippen LogP contribution in [0.4, 0.5) is 0 Å². The lowest BCUT2D eigenvalue weighted by atomic mass is 10.0. The molecule has 2 heteroatoms. The molecule has 0 saturated heterocycles. The van der Waals surface area contributed by atoms with Gasteiger partial charge in [-0.2, -0.15) is 0 Å². The molecule has 0 spiro atoms. The molecule has 0 fully saturated rings. The number of rotatable bonds is 4. The fourth-order valence-electron chi connectivity index (χ4n) is 2.07. The summed E-state index contributed by atoms with van der Waals surface area (Å²) in [6.45, 7) is 0.958. The second-order valence-electron chi connectivity index (χ2n) is 5.84. The highest BCUT2D eigenvalue weighted by atomic mass is 16.1. The van der Waals surface area contributed by atoms with Crippen molar-refractivity contribution in [2.45, 2.75) is 6.54 Å². The van der Waals surface area contributed by atoms with Crippen LogP contribution < -0.4 is 0 Å². The second kappa shape index (κ2) is 5.37. The Bertz CT molecular complexity index is 550. The van der Waals surface area contributed by atoms with Gasteiger partial charge < -0.3 is 4.48 Å². The van der Waals surface area contributed by atoms with Gasteiger partial charge in [0.2, 0.25) is 0 Å². The van der Waals surface area contributed by atoms with Crippen LogP contribution in [0.2, 0.25) is 0 Å². The number of quaternary nitrogens is 1. The van der Waals surface area contributed by atoms with Crippen LogP contribution in [-0.2, 0) is 6.54 Å². The van der Waals surface area contributed by atoms with Crippen molar-refractivity contribution in [1.29, 1.82) is 0 Å². The highest BCUT2D eigenvalue weighted by Crippen LogP contribution is 2.13. The molecule has 2 rings (SSSR count). The van der Waals surface area contributed by atoms with Gasteiger partial charge in [0.05, 0.1) is 21.1 Å². The first-order chi connectivity index (χ1) is 8.96. The van der Waals surface area contributed by atoms with Gasteiger partial charge in [-0.1, -0.05) is 54.6 Å². The number of hydrogen-bond donors (Lipinski definition) is 0. The Balaban J connectivity index is 2.17. The molecule has 0 unspecified atom stereocenters. The molecule has 0 aliphatic heterocycles. The van der Waals surface area contributed by atoms with Crippen LogP contribution in [-0.4, -0.2) is 31.4 Å². The minimum atomic E-state index is 0.0809. The molecule has 19 heavy (non-hydrogen) atoms. The van der Waals surface area contributed by atoms with Gasteiger partial charge in [0.15, 0.2) is 5.78 Å². The van der Waals surface area contributed by atoms with Crippen molar-refractivity contribution in [3.63, 3.8) is 0 Å². The van der Waals surface area contributed by atoms with E-state index in [1.54, 1.807) is 0 Å². The minimum absolute atomic E-state index is 0.0809. The van der Waals surface area contributed by atoms with E-state index >= 15 is 0 Å². The van der Waals surface area contributed by atoms with Crippen LogP contribution in [0.15, 0.2) is 54.6 Å². The maximum atomic E-state index is 12.2. The lowest BCUT2D eigenvalue weighted by Gasteiger charge is -2.23. The van der Waals surface area contributed by atoms with Gasteiger partial charge in [-0.25, -0.2) is 0 Å². The van der Waals surface area contributed by atoms with Crippen molar-refractivity contribution in [2.75, 3.05) is 21.1 Å². The topological polar surface area (TPSA) is 17.1 Å². The van der Waals surface area contributed by atoms with Crippen LogP contribution in [0.5, 0.6) is 0 Å². The molecule has 0 radical (unpaired) electrons. The van der Waals surface area contributed by atoms with Crippen molar-refractivity contribution in [3.8, 4) is 0 Å². The van der Waals surface area contributed by atoms with Gasteiger partial charge in [0.25, 0.3) is 0 Å². The number of hydrogen-bond acceptors (Lipinski definition) is 1.